The maximum Gasteiger partial charge on any atom is 0.497 e. The van der Waals surface area contributed by atoms with E-state index in [1.807, 2.05) is 0 Å². The van der Waals surface area contributed by atoms with E-state index in [-0.39, 0.29) is 5.96 Å². The minimum atomic E-state index is -2.92. The highest BCUT2D eigenvalue weighted by Gasteiger charge is 2.33. The first-order valence-corrected chi connectivity index (χ1v) is 5.91. The zero-order valence-electron chi connectivity index (χ0n) is 7.96. The van der Waals surface area contributed by atoms with Crippen molar-refractivity contribution in [2.24, 2.45) is 5.73 Å². The molecule has 0 aromatic heterocycles. The molecule has 0 aromatic carbocycles. The summed E-state index contributed by atoms with van der Waals surface area (Å²) in [4.78, 5) is 9.58. The average molecular weight is 207 g/mol. The molecule has 0 unspecified atom stereocenters. The predicted molar refractivity (Wildman–Crippen MR) is 51.3 cm³/mol. The Morgan fingerprint density at radius 1 is 1.54 bits per heavy atom. The molecule has 0 saturated carbocycles. The molecule has 0 aliphatic carbocycles. The average Bonchev–Trinajstić information content (AvgIpc) is 2.12. The fraction of sp³-hybridized carbons (Fsp3) is 0.833. The summed E-state index contributed by atoms with van der Waals surface area (Å²) in [5.41, 5.74) is 5.07. The van der Waals surface area contributed by atoms with Crippen molar-refractivity contribution in [1.29, 1.82) is 5.41 Å². The Labute approximate surface area is 78.9 Å². The zero-order valence-corrected chi connectivity index (χ0v) is 8.96. The molecule has 0 rings (SSSR count). The molecule has 0 amide bonds. The van der Waals surface area contributed by atoms with E-state index in [0.717, 1.165) is 0 Å². The van der Waals surface area contributed by atoms with E-state index in [1.54, 1.807) is 0 Å². The third-order valence-electron chi connectivity index (χ3n) is 1.62. The van der Waals surface area contributed by atoms with Crippen molar-refractivity contribution in [3.05, 3.63) is 0 Å². The molecule has 0 aromatic rings. The van der Waals surface area contributed by atoms with Gasteiger partial charge in [-0.2, -0.15) is 0 Å². The van der Waals surface area contributed by atoms with E-state index < -0.39 is 8.80 Å². The van der Waals surface area contributed by atoms with E-state index in [9.17, 15) is 4.80 Å². The van der Waals surface area contributed by atoms with Crippen molar-refractivity contribution in [3.63, 3.8) is 0 Å². The number of nitrogens with one attached hydrogen (secondary N) is 2. The highest BCUT2D eigenvalue weighted by atomic mass is 28.4. The topological polar surface area (TPSA) is 101 Å². The molecule has 78 valence electrons. The third kappa shape index (κ3) is 5.58. The van der Waals surface area contributed by atoms with Gasteiger partial charge in [0.1, 0.15) is 0 Å². The Morgan fingerprint density at radius 2 is 2.08 bits per heavy atom. The molecule has 0 spiro atoms. The fourth-order valence-corrected chi connectivity index (χ4v) is 2.02. The van der Waals surface area contributed by atoms with Gasteiger partial charge in [-0.05, 0) is 6.42 Å². The van der Waals surface area contributed by atoms with Crippen LogP contribution in [-0.2, 0) is 8.85 Å². The summed E-state index contributed by atoms with van der Waals surface area (Å²) < 4.78 is 9.71. The highest BCUT2D eigenvalue weighted by molar-refractivity contribution is 6.59. The van der Waals surface area contributed by atoms with Gasteiger partial charge >= 0.3 is 8.80 Å². The van der Waals surface area contributed by atoms with Crippen LogP contribution >= 0.6 is 0 Å². The lowest BCUT2D eigenvalue weighted by Gasteiger charge is -2.19. The third-order valence-corrected chi connectivity index (χ3v) is 3.88. The lowest BCUT2D eigenvalue weighted by molar-refractivity contribution is 0.150. The Balaban J connectivity index is 3.55. The van der Waals surface area contributed by atoms with Crippen LogP contribution in [0.4, 0.5) is 0 Å². The quantitative estimate of drug-likeness (QED) is 0.195. The molecule has 6 nitrogen and oxygen atoms in total. The standard InChI is InChI=1S/C6H17N3O3Si/c1-11-13(10,12-2)5-3-4-9-6(7)8/h10H,3-5H2,1-2H3,(H4,7,8,9). The van der Waals surface area contributed by atoms with Crippen molar-refractivity contribution in [3.8, 4) is 0 Å². The second-order valence-electron chi connectivity index (χ2n) is 2.56. The molecular formula is C6H17N3O3Si. The van der Waals surface area contributed by atoms with Gasteiger partial charge in [0, 0.05) is 26.8 Å². The fourth-order valence-electron chi connectivity index (χ4n) is 0.822. The van der Waals surface area contributed by atoms with Gasteiger partial charge in [0.25, 0.3) is 0 Å². The Bertz CT molecular complexity index is 163. The van der Waals surface area contributed by atoms with Gasteiger partial charge in [-0.1, -0.05) is 0 Å². The second kappa shape index (κ2) is 5.92. The van der Waals surface area contributed by atoms with Gasteiger partial charge in [0.15, 0.2) is 5.96 Å². The molecule has 0 heterocycles. The smallest absolute Gasteiger partial charge is 0.390 e. The molecule has 5 N–H and O–H groups in total. The molecule has 0 bridgehead atoms. The lowest BCUT2D eigenvalue weighted by atomic mass is 10.5. The molecular weight excluding hydrogens is 190 g/mol. The minimum Gasteiger partial charge on any atom is -0.390 e. The monoisotopic (exact) mass is 207 g/mol. The van der Waals surface area contributed by atoms with E-state index in [1.165, 1.54) is 14.2 Å². The van der Waals surface area contributed by atoms with Crippen molar-refractivity contribution in [2.45, 2.75) is 12.5 Å². The number of hydrogen-bond donors (Lipinski definition) is 4. The van der Waals surface area contributed by atoms with Crippen molar-refractivity contribution in [2.75, 3.05) is 20.8 Å². The maximum absolute atomic E-state index is 9.58. The first-order chi connectivity index (χ1) is 6.04. The number of hydrogen-bond acceptors (Lipinski definition) is 4. The summed E-state index contributed by atoms with van der Waals surface area (Å²) >= 11 is 0. The van der Waals surface area contributed by atoms with Crippen LogP contribution in [0.15, 0.2) is 0 Å². The largest absolute Gasteiger partial charge is 0.497 e. The SMILES string of the molecule is CO[Si](O)(CCCNC(=N)N)OC. The summed E-state index contributed by atoms with van der Waals surface area (Å²) in [5, 5.41) is 9.50. The predicted octanol–water partition coefficient (Wildman–Crippen LogP) is -0.916. The Morgan fingerprint density at radius 3 is 2.46 bits per heavy atom. The summed E-state index contributed by atoms with van der Waals surface area (Å²) in [6.45, 7) is 0.539. The van der Waals surface area contributed by atoms with Gasteiger partial charge < -0.3 is 24.7 Å². The van der Waals surface area contributed by atoms with E-state index >= 15 is 0 Å². The summed E-state index contributed by atoms with van der Waals surface area (Å²) in [7, 11) is -0.0712. The molecule has 13 heavy (non-hydrogen) atoms. The van der Waals surface area contributed by atoms with Crippen LogP contribution in [0, 0.1) is 5.41 Å². The highest BCUT2D eigenvalue weighted by Crippen LogP contribution is 2.09. The van der Waals surface area contributed by atoms with Gasteiger partial charge in [0.05, 0.1) is 0 Å². The molecule has 0 fully saturated rings. The van der Waals surface area contributed by atoms with E-state index in [0.29, 0.717) is 19.0 Å². The number of guanidine groups is 1. The summed E-state index contributed by atoms with van der Waals surface area (Å²) in [6.07, 6.45) is 0.657. The first kappa shape index (κ1) is 12.4. The molecule has 7 heteroatoms. The molecule has 0 aliphatic rings. The normalized spacial score (nSPS) is 11.3. The molecule has 0 atom stereocenters. The van der Waals surface area contributed by atoms with E-state index in [4.69, 9.17) is 20.0 Å². The molecule has 0 radical (unpaired) electrons. The van der Waals surface area contributed by atoms with Crippen LogP contribution in [0.5, 0.6) is 0 Å². The number of rotatable bonds is 6. The van der Waals surface area contributed by atoms with Gasteiger partial charge in [-0.25, -0.2) is 0 Å². The minimum absolute atomic E-state index is 0.0694. The van der Waals surface area contributed by atoms with Crippen LogP contribution in [0.1, 0.15) is 6.42 Å². The van der Waals surface area contributed by atoms with Crippen LogP contribution in [0.3, 0.4) is 0 Å². The van der Waals surface area contributed by atoms with Crippen LogP contribution in [0.25, 0.3) is 0 Å². The van der Waals surface area contributed by atoms with Crippen LogP contribution < -0.4 is 11.1 Å². The maximum atomic E-state index is 9.58. The van der Waals surface area contributed by atoms with Crippen molar-refractivity contribution < 1.29 is 13.6 Å². The molecule has 0 saturated heterocycles. The molecule has 0 aliphatic heterocycles. The van der Waals surface area contributed by atoms with E-state index in [2.05, 4.69) is 5.32 Å². The summed E-state index contributed by atoms with van der Waals surface area (Å²) in [5.74, 6) is -0.0694. The Kier molecular flexibility index (Phi) is 5.63. The van der Waals surface area contributed by atoms with Crippen LogP contribution in [-0.4, -0.2) is 40.3 Å². The van der Waals surface area contributed by atoms with Gasteiger partial charge in [0.2, 0.25) is 0 Å². The zero-order chi connectivity index (χ0) is 10.3. The number of nitrogens with two attached hydrogens (primary N) is 1. The van der Waals surface area contributed by atoms with Gasteiger partial charge in [-0.15, -0.1) is 0 Å². The van der Waals surface area contributed by atoms with Crippen molar-refractivity contribution in [1.82, 2.24) is 5.32 Å². The lowest BCUT2D eigenvalue weighted by Crippen LogP contribution is -2.41. The Hall–Kier alpha value is -0.633. The second-order valence-corrected chi connectivity index (χ2v) is 5.31. The van der Waals surface area contributed by atoms with Crippen molar-refractivity contribution >= 4 is 14.8 Å². The van der Waals surface area contributed by atoms with Gasteiger partial charge in [-0.3, -0.25) is 5.41 Å². The summed E-state index contributed by atoms with van der Waals surface area (Å²) in [6, 6.07) is 0.459. The first-order valence-electron chi connectivity index (χ1n) is 3.94. The van der Waals surface area contributed by atoms with Crippen LogP contribution in [0.2, 0.25) is 6.04 Å².